The normalized spacial score (nSPS) is 11.0. The van der Waals surface area contributed by atoms with Crippen molar-refractivity contribution in [3.63, 3.8) is 0 Å². The first-order valence-electron chi connectivity index (χ1n) is 10.5. The fourth-order valence-electron chi connectivity index (χ4n) is 3.72. The Balaban J connectivity index is 1.55. The lowest BCUT2D eigenvalue weighted by Crippen LogP contribution is -2.15. The Labute approximate surface area is 184 Å². The van der Waals surface area contributed by atoms with Crippen LogP contribution < -0.4 is 5.32 Å². The maximum atomic E-state index is 12.9. The van der Waals surface area contributed by atoms with Crippen LogP contribution in [-0.4, -0.2) is 26.1 Å². The first-order valence-corrected chi connectivity index (χ1v) is 10.5. The van der Waals surface area contributed by atoms with Gasteiger partial charge in [-0.3, -0.25) is 4.79 Å². The third kappa shape index (κ3) is 3.65. The minimum Gasteiger partial charge on any atom is -0.355 e. The van der Waals surface area contributed by atoms with Crippen molar-refractivity contribution in [2.24, 2.45) is 0 Å². The van der Waals surface area contributed by atoms with Crippen molar-refractivity contribution in [3.8, 4) is 17.0 Å². The molecule has 0 aliphatic heterocycles. The second kappa shape index (κ2) is 8.47. The Kier molecular flexibility index (Phi) is 5.21. The number of rotatable bonds is 6. The second-order valence-corrected chi connectivity index (χ2v) is 7.45. The van der Waals surface area contributed by atoms with Crippen LogP contribution in [0.15, 0.2) is 83.4 Å². The molecule has 0 atom stereocenters. The van der Waals surface area contributed by atoms with E-state index < -0.39 is 0 Å². The molecule has 0 fully saturated rings. The van der Waals surface area contributed by atoms with Gasteiger partial charge in [0.15, 0.2) is 11.5 Å². The topological polar surface area (TPSA) is 85.8 Å². The maximum absolute atomic E-state index is 12.9. The van der Waals surface area contributed by atoms with Crippen molar-refractivity contribution in [3.05, 3.63) is 90.3 Å². The molecule has 1 N–H and O–H groups in total. The van der Waals surface area contributed by atoms with Crippen LogP contribution in [0, 0.1) is 0 Å². The van der Waals surface area contributed by atoms with Gasteiger partial charge >= 0.3 is 0 Å². The number of nitrogens with zero attached hydrogens (tertiary/aromatic N) is 4. The molecule has 0 radical (unpaired) electrons. The van der Waals surface area contributed by atoms with Crippen LogP contribution in [0.2, 0.25) is 0 Å². The van der Waals surface area contributed by atoms with E-state index in [9.17, 15) is 4.79 Å². The van der Waals surface area contributed by atoms with E-state index in [1.165, 1.54) is 0 Å². The molecule has 5 rings (SSSR count). The van der Waals surface area contributed by atoms with Crippen molar-refractivity contribution in [1.29, 1.82) is 0 Å². The van der Waals surface area contributed by atoms with Gasteiger partial charge in [-0.1, -0.05) is 72.2 Å². The number of aromatic nitrogens is 4. The zero-order chi connectivity index (χ0) is 21.9. The van der Waals surface area contributed by atoms with Crippen LogP contribution in [-0.2, 0) is 6.42 Å². The smallest absolute Gasteiger partial charge is 0.278 e. The predicted octanol–water partition coefficient (Wildman–Crippen LogP) is 5.28. The fourth-order valence-corrected chi connectivity index (χ4v) is 3.72. The van der Waals surface area contributed by atoms with Gasteiger partial charge < -0.3 is 9.84 Å². The molecule has 0 aliphatic rings. The fraction of sp³-hybridized carbons (Fsp3) is 0.120. The summed E-state index contributed by atoms with van der Waals surface area (Å²) in [6.45, 7) is 2.06. The Bertz CT molecular complexity index is 1370. The van der Waals surface area contributed by atoms with E-state index in [2.05, 4.69) is 27.7 Å². The molecule has 2 aromatic heterocycles. The Morgan fingerprint density at radius 2 is 1.75 bits per heavy atom. The third-order valence-electron chi connectivity index (χ3n) is 5.24. The molecule has 2 heterocycles. The highest BCUT2D eigenvalue weighted by Crippen LogP contribution is 2.30. The molecule has 1 amide bonds. The molecule has 5 aromatic rings. The highest BCUT2D eigenvalue weighted by atomic mass is 16.5. The maximum Gasteiger partial charge on any atom is 0.278 e. The number of nitrogens with one attached hydrogen (secondary N) is 1. The van der Waals surface area contributed by atoms with Crippen LogP contribution in [0.25, 0.3) is 27.9 Å². The van der Waals surface area contributed by atoms with Gasteiger partial charge in [0.1, 0.15) is 5.52 Å². The molecule has 0 saturated heterocycles. The van der Waals surface area contributed by atoms with E-state index in [0.29, 0.717) is 23.6 Å². The van der Waals surface area contributed by atoms with Gasteiger partial charge in [0.05, 0.1) is 16.8 Å². The summed E-state index contributed by atoms with van der Waals surface area (Å²) in [6, 6.07) is 24.9. The van der Waals surface area contributed by atoms with Gasteiger partial charge in [-0.15, -0.1) is 5.10 Å². The summed E-state index contributed by atoms with van der Waals surface area (Å²) in [5.74, 6) is 0.420. The molecule has 0 unspecified atom stereocenters. The van der Waals surface area contributed by atoms with Crippen LogP contribution in [0.4, 0.5) is 5.69 Å². The molecule has 0 aliphatic carbocycles. The highest BCUT2D eigenvalue weighted by Gasteiger charge is 2.21. The summed E-state index contributed by atoms with van der Waals surface area (Å²) < 4.78 is 7.35. The van der Waals surface area contributed by atoms with E-state index in [1.54, 1.807) is 4.68 Å². The quantitative estimate of drug-likeness (QED) is 0.402. The minimum atomic E-state index is -0.276. The van der Waals surface area contributed by atoms with Crippen molar-refractivity contribution in [2.45, 2.75) is 19.8 Å². The number of amides is 1. The number of hydrogen-bond acceptors (Lipinski definition) is 5. The predicted molar refractivity (Wildman–Crippen MR) is 123 cm³/mol. The number of para-hydroxylation sites is 1. The number of fused-ring (bicyclic) bond motifs is 1. The number of benzene rings is 3. The monoisotopic (exact) mass is 423 g/mol. The third-order valence-corrected chi connectivity index (χ3v) is 5.24. The number of anilines is 1. The lowest BCUT2D eigenvalue weighted by atomic mass is 10.1. The summed E-state index contributed by atoms with van der Waals surface area (Å²) in [6.07, 6.45) is 1.52. The summed E-state index contributed by atoms with van der Waals surface area (Å²) in [5.41, 5.74) is 4.30. The first-order chi connectivity index (χ1) is 15.7. The van der Waals surface area contributed by atoms with E-state index in [0.717, 1.165) is 34.3 Å². The van der Waals surface area contributed by atoms with Crippen LogP contribution >= 0.6 is 0 Å². The minimum absolute atomic E-state index is 0.276. The van der Waals surface area contributed by atoms with Crippen molar-refractivity contribution >= 4 is 22.5 Å². The number of hydrogen-bond donors (Lipinski definition) is 1. The van der Waals surface area contributed by atoms with Gasteiger partial charge in [-0.05, 0) is 36.8 Å². The van der Waals surface area contributed by atoms with E-state index in [-0.39, 0.29) is 5.91 Å². The van der Waals surface area contributed by atoms with E-state index in [4.69, 9.17) is 4.52 Å². The highest BCUT2D eigenvalue weighted by molar-refractivity contribution is 6.03. The van der Waals surface area contributed by atoms with Gasteiger partial charge in [-0.25, -0.2) is 4.68 Å². The first kappa shape index (κ1) is 19.7. The molecule has 3 aromatic carbocycles. The molecular formula is C25H21N5O2. The van der Waals surface area contributed by atoms with Crippen molar-refractivity contribution in [1.82, 2.24) is 20.2 Å². The Morgan fingerprint density at radius 3 is 2.50 bits per heavy atom. The molecule has 158 valence electrons. The van der Waals surface area contributed by atoms with E-state index >= 15 is 0 Å². The number of carbonyl (C=O) groups excluding carboxylic acids is 1. The molecule has 7 heteroatoms. The summed E-state index contributed by atoms with van der Waals surface area (Å²) in [7, 11) is 0. The van der Waals surface area contributed by atoms with Crippen LogP contribution in [0.3, 0.4) is 0 Å². The molecular weight excluding hydrogens is 402 g/mol. The second-order valence-electron chi connectivity index (χ2n) is 7.45. The van der Waals surface area contributed by atoms with Crippen LogP contribution in [0.5, 0.6) is 0 Å². The molecule has 0 saturated carbocycles. The Hall–Kier alpha value is -4.26. The molecule has 32 heavy (non-hydrogen) atoms. The Morgan fingerprint density at radius 1 is 1.00 bits per heavy atom. The summed E-state index contributed by atoms with van der Waals surface area (Å²) in [5, 5.41) is 16.5. The average Bonchev–Trinajstić information content (AvgIpc) is 3.44. The lowest BCUT2D eigenvalue weighted by Gasteiger charge is -2.08. The summed E-state index contributed by atoms with van der Waals surface area (Å²) in [4.78, 5) is 12.9. The van der Waals surface area contributed by atoms with Gasteiger partial charge in [0, 0.05) is 11.3 Å². The standard InChI is InChI=1S/C25H21N5O2/c1-2-9-22-23(25(31)26-18-12-7-4-8-13-18)27-29-30(22)19-14-15-21-20(16-19)24(32-28-21)17-10-5-3-6-11-17/h3-8,10-16H,2,9H2,1H3,(H,26,31). The zero-order valence-corrected chi connectivity index (χ0v) is 17.5. The van der Waals surface area contributed by atoms with E-state index in [1.807, 2.05) is 78.9 Å². The average molecular weight is 423 g/mol. The largest absolute Gasteiger partial charge is 0.355 e. The zero-order valence-electron chi connectivity index (χ0n) is 17.5. The van der Waals surface area contributed by atoms with Crippen LogP contribution in [0.1, 0.15) is 29.5 Å². The van der Waals surface area contributed by atoms with Crippen molar-refractivity contribution in [2.75, 3.05) is 5.32 Å². The van der Waals surface area contributed by atoms with Gasteiger partial charge in [-0.2, -0.15) is 0 Å². The molecule has 7 nitrogen and oxygen atoms in total. The summed E-state index contributed by atoms with van der Waals surface area (Å²) >= 11 is 0. The molecule has 0 spiro atoms. The van der Waals surface area contributed by atoms with Gasteiger partial charge in [0.2, 0.25) is 0 Å². The van der Waals surface area contributed by atoms with Gasteiger partial charge in [0.25, 0.3) is 5.91 Å². The molecule has 0 bridgehead atoms. The van der Waals surface area contributed by atoms with Crippen molar-refractivity contribution < 1.29 is 9.32 Å². The lowest BCUT2D eigenvalue weighted by molar-refractivity contribution is 0.102. The SMILES string of the molecule is CCCc1c(C(=O)Nc2ccccc2)nnn1-c1ccc2noc(-c3ccccc3)c2c1. The number of carbonyl (C=O) groups is 1.